The van der Waals surface area contributed by atoms with Gasteiger partial charge in [-0.15, -0.1) is 0 Å². The first kappa shape index (κ1) is 27.3. The van der Waals surface area contributed by atoms with E-state index in [1.807, 2.05) is 12.3 Å². The number of nitriles is 1. The van der Waals surface area contributed by atoms with E-state index in [9.17, 15) is 24.5 Å². The molecule has 0 aliphatic rings. The normalized spacial score (nSPS) is 12.0. The lowest BCUT2D eigenvalue weighted by molar-refractivity contribution is -0.384. The number of thioether (sulfide) groups is 1. The van der Waals surface area contributed by atoms with Gasteiger partial charge < -0.3 is 15.0 Å². The summed E-state index contributed by atoms with van der Waals surface area (Å²) in [6.07, 6.45) is 0.993. The lowest BCUT2D eigenvalue weighted by Crippen LogP contribution is -2.46. The molecule has 0 spiro atoms. The largest absolute Gasteiger partial charge is 0.451 e. The van der Waals surface area contributed by atoms with Crippen LogP contribution in [0, 0.1) is 21.4 Å². The molecule has 2 rings (SSSR count). The SMILES string of the molecule is CSCCC(NC(=O)c1cccc([N+](=O)[O-])c1)C(=O)OC(C)C(=O)N(CCC#N)c1ccccc1. The van der Waals surface area contributed by atoms with Crippen LogP contribution in [0.4, 0.5) is 11.4 Å². The smallest absolute Gasteiger partial charge is 0.329 e. The summed E-state index contributed by atoms with van der Waals surface area (Å²) in [7, 11) is 0. The summed E-state index contributed by atoms with van der Waals surface area (Å²) in [5.74, 6) is -1.45. The van der Waals surface area contributed by atoms with Crippen LogP contribution >= 0.6 is 11.8 Å². The Morgan fingerprint density at radius 3 is 2.54 bits per heavy atom. The minimum Gasteiger partial charge on any atom is -0.451 e. The van der Waals surface area contributed by atoms with Crippen molar-refractivity contribution in [3.8, 4) is 6.07 Å². The molecule has 2 atom stereocenters. The highest BCUT2D eigenvalue weighted by molar-refractivity contribution is 7.98. The van der Waals surface area contributed by atoms with Crippen LogP contribution in [-0.4, -0.2) is 53.4 Å². The highest BCUT2D eigenvalue weighted by Crippen LogP contribution is 2.17. The van der Waals surface area contributed by atoms with E-state index in [0.29, 0.717) is 11.4 Å². The summed E-state index contributed by atoms with van der Waals surface area (Å²) in [4.78, 5) is 50.4. The van der Waals surface area contributed by atoms with Gasteiger partial charge in [0.25, 0.3) is 17.5 Å². The van der Waals surface area contributed by atoms with Crippen LogP contribution in [0.25, 0.3) is 0 Å². The summed E-state index contributed by atoms with van der Waals surface area (Å²) in [5, 5.41) is 22.5. The van der Waals surface area contributed by atoms with Gasteiger partial charge >= 0.3 is 5.97 Å². The van der Waals surface area contributed by atoms with Gasteiger partial charge in [-0.2, -0.15) is 17.0 Å². The summed E-state index contributed by atoms with van der Waals surface area (Å²) >= 11 is 1.46. The molecule has 10 nitrogen and oxygen atoms in total. The van der Waals surface area contributed by atoms with Crippen molar-refractivity contribution in [1.29, 1.82) is 5.26 Å². The Balaban J connectivity index is 2.14. The second-order valence-electron chi connectivity index (χ2n) is 7.43. The molecule has 0 fully saturated rings. The second kappa shape index (κ2) is 13.7. The van der Waals surface area contributed by atoms with Gasteiger partial charge in [-0.05, 0) is 43.6 Å². The average molecular weight is 499 g/mol. The molecule has 184 valence electrons. The zero-order valence-corrected chi connectivity index (χ0v) is 20.2. The molecular weight excluding hydrogens is 472 g/mol. The van der Waals surface area contributed by atoms with Gasteiger partial charge in [0, 0.05) is 29.9 Å². The summed E-state index contributed by atoms with van der Waals surface area (Å²) in [6, 6.07) is 14.8. The van der Waals surface area contributed by atoms with Gasteiger partial charge in [-0.1, -0.05) is 24.3 Å². The van der Waals surface area contributed by atoms with Gasteiger partial charge in [-0.3, -0.25) is 19.7 Å². The maximum atomic E-state index is 13.1. The van der Waals surface area contributed by atoms with Gasteiger partial charge in [-0.25, -0.2) is 4.79 Å². The van der Waals surface area contributed by atoms with Crippen LogP contribution < -0.4 is 10.2 Å². The molecule has 0 bridgehead atoms. The van der Waals surface area contributed by atoms with Crippen LogP contribution in [0.3, 0.4) is 0 Å². The van der Waals surface area contributed by atoms with Gasteiger partial charge in [0.1, 0.15) is 6.04 Å². The van der Waals surface area contributed by atoms with E-state index in [1.54, 1.807) is 30.3 Å². The Bertz CT molecular complexity index is 1090. The van der Waals surface area contributed by atoms with Crippen molar-refractivity contribution in [2.75, 3.05) is 23.5 Å². The number of benzene rings is 2. The van der Waals surface area contributed by atoms with Gasteiger partial charge in [0.2, 0.25) is 0 Å². The number of hydrogen-bond acceptors (Lipinski definition) is 8. The van der Waals surface area contributed by atoms with E-state index >= 15 is 0 Å². The topological polar surface area (TPSA) is 143 Å². The van der Waals surface area contributed by atoms with Crippen molar-refractivity contribution in [3.05, 3.63) is 70.3 Å². The standard InChI is InChI=1S/C24H26N4O6S/c1-17(23(30)27(14-7-13-25)19-9-4-3-5-10-19)34-24(31)21(12-15-35-2)26-22(29)18-8-6-11-20(16-18)28(32)33/h3-6,8-11,16-17,21H,7,12,14-15H2,1-2H3,(H,26,29). The minimum absolute atomic E-state index is 0.0250. The molecule has 1 N–H and O–H groups in total. The lowest BCUT2D eigenvalue weighted by Gasteiger charge is -2.26. The molecule has 0 radical (unpaired) electrons. The third-order valence-electron chi connectivity index (χ3n) is 4.94. The molecule has 0 aromatic heterocycles. The molecule has 0 saturated carbocycles. The number of esters is 1. The first-order valence-electron chi connectivity index (χ1n) is 10.8. The minimum atomic E-state index is -1.17. The Hall–Kier alpha value is -3.91. The summed E-state index contributed by atoms with van der Waals surface area (Å²) in [6.45, 7) is 1.55. The van der Waals surface area contributed by atoms with Crippen LogP contribution in [0.5, 0.6) is 0 Å². The third-order valence-corrected chi connectivity index (χ3v) is 5.59. The number of nitro groups is 1. The number of para-hydroxylation sites is 1. The van der Waals surface area contributed by atoms with Crippen molar-refractivity contribution in [3.63, 3.8) is 0 Å². The van der Waals surface area contributed by atoms with E-state index in [4.69, 9.17) is 10.00 Å². The Morgan fingerprint density at radius 2 is 1.91 bits per heavy atom. The van der Waals surface area contributed by atoms with Gasteiger partial charge in [0.15, 0.2) is 6.10 Å². The van der Waals surface area contributed by atoms with Crippen LogP contribution in [0.15, 0.2) is 54.6 Å². The number of nitrogens with one attached hydrogen (secondary N) is 1. The first-order chi connectivity index (χ1) is 16.8. The monoisotopic (exact) mass is 498 g/mol. The highest BCUT2D eigenvalue weighted by atomic mass is 32.2. The Morgan fingerprint density at radius 1 is 1.20 bits per heavy atom. The number of nitro benzene ring substituents is 1. The number of anilines is 1. The molecular formula is C24H26N4O6S. The number of nitrogens with zero attached hydrogens (tertiary/aromatic N) is 3. The number of carbonyl (C=O) groups excluding carboxylic acids is 3. The predicted molar refractivity (Wildman–Crippen MR) is 132 cm³/mol. The number of hydrogen-bond donors (Lipinski definition) is 1. The summed E-state index contributed by atoms with van der Waals surface area (Å²) < 4.78 is 5.41. The van der Waals surface area contributed by atoms with E-state index in [1.165, 1.54) is 41.8 Å². The van der Waals surface area contributed by atoms with Gasteiger partial charge in [0.05, 0.1) is 17.4 Å². The maximum absolute atomic E-state index is 13.1. The fraction of sp³-hybridized carbons (Fsp3) is 0.333. The zero-order chi connectivity index (χ0) is 25.8. The van der Waals surface area contributed by atoms with Crippen LogP contribution in [0.1, 0.15) is 30.1 Å². The molecule has 0 aliphatic heterocycles. The van der Waals surface area contributed by atoms with E-state index in [-0.39, 0.29) is 30.6 Å². The quantitative estimate of drug-likeness (QED) is 0.267. The molecule has 0 saturated heterocycles. The number of non-ortho nitro benzene ring substituents is 1. The molecule has 0 aliphatic carbocycles. The molecule has 2 aromatic carbocycles. The van der Waals surface area contributed by atoms with Crippen molar-refractivity contribution >= 4 is 40.9 Å². The van der Waals surface area contributed by atoms with E-state index in [2.05, 4.69) is 5.32 Å². The fourth-order valence-corrected chi connectivity index (χ4v) is 3.62. The maximum Gasteiger partial charge on any atom is 0.329 e. The Kier molecular flexibility index (Phi) is 10.7. The molecule has 2 aromatic rings. The molecule has 2 amide bonds. The zero-order valence-electron chi connectivity index (χ0n) is 19.4. The predicted octanol–water partition coefficient (Wildman–Crippen LogP) is 3.32. The molecule has 11 heteroatoms. The first-order valence-corrected chi connectivity index (χ1v) is 12.2. The van der Waals surface area contributed by atoms with Crippen molar-refractivity contribution in [2.45, 2.75) is 31.9 Å². The van der Waals surface area contributed by atoms with Crippen molar-refractivity contribution in [1.82, 2.24) is 5.32 Å². The number of ether oxygens (including phenoxy) is 1. The van der Waals surface area contributed by atoms with Crippen molar-refractivity contribution in [2.24, 2.45) is 0 Å². The lowest BCUT2D eigenvalue weighted by atomic mass is 10.1. The van der Waals surface area contributed by atoms with Crippen LogP contribution in [-0.2, 0) is 14.3 Å². The fourth-order valence-electron chi connectivity index (χ4n) is 3.15. The third kappa shape index (κ3) is 8.12. The highest BCUT2D eigenvalue weighted by Gasteiger charge is 2.29. The molecule has 2 unspecified atom stereocenters. The Labute approximate surface area is 207 Å². The van der Waals surface area contributed by atoms with E-state index < -0.39 is 34.9 Å². The average Bonchev–Trinajstić information content (AvgIpc) is 2.87. The summed E-state index contributed by atoms with van der Waals surface area (Å²) in [5.41, 5.74) is 0.337. The molecule has 35 heavy (non-hydrogen) atoms. The number of rotatable bonds is 12. The van der Waals surface area contributed by atoms with Crippen molar-refractivity contribution < 1.29 is 24.0 Å². The van der Waals surface area contributed by atoms with Crippen LogP contribution in [0.2, 0.25) is 0 Å². The second-order valence-corrected chi connectivity index (χ2v) is 8.41. The van der Waals surface area contributed by atoms with E-state index in [0.717, 1.165) is 6.07 Å². The molecule has 0 heterocycles. The number of carbonyl (C=O) groups is 3. The number of amides is 2.